The number of benzene rings is 1. The van der Waals surface area contributed by atoms with Crippen LogP contribution in [-0.2, 0) is 11.2 Å². The molecule has 2 N–H and O–H groups in total. The first-order valence-corrected chi connectivity index (χ1v) is 5.90. The number of allylic oxidation sites excluding steroid dienone is 1. The van der Waals surface area contributed by atoms with E-state index in [0.717, 1.165) is 31.6 Å². The summed E-state index contributed by atoms with van der Waals surface area (Å²) in [7, 11) is 0. The normalized spacial score (nSPS) is 17.5. The smallest absolute Gasteiger partial charge is 0.109 e. The first-order chi connectivity index (χ1) is 7.77. The van der Waals surface area contributed by atoms with E-state index in [4.69, 9.17) is 10.5 Å². The average Bonchev–Trinajstić information content (AvgIpc) is 2.33. The van der Waals surface area contributed by atoms with Crippen molar-refractivity contribution in [1.29, 1.82) is 0 Å². The van der Waals surface area contributed by atoms with E-state index in [1.165, 1.54) is 11.1 Å². The van der Waals surface area contributed by atoms with Crippen LogP contribution in [0, 0.1) is 6.92 Å². The lowest BCUT2D eigenvalue weighted by atomic mass is 9.99. The molecule has 86 valence electrons. The molecule has 0 saturated carbocycles. The van der Waals surface area contributed by atoms with Crippen LogP contribution >= 0.6 is 0 Å². The summed E-state index contributed by atoms with van der Waals surface area (Å²) in [5, 5.41) is 0. The van der Waals surface area contributed by atoms with E-state index in [1.807, 2.05) is 0 Å². The van der Waals surface area contributed by atoms with Crippen LogP contribution < -0.4 is 5.73 Å². The molecular formula is C14H19NO. The highest BCUT2D eigenvalue weighted by molar-refractivity contribution is 5.27. The molecule has 2 rings (SSSR count). The molecule has 0 aromatic heterocycles. The average molecular weight is 217 g/mol. The molecule has 0 radical (unpaired) electrons. The standard InChI is InChI=1S/C14H19NO/c1-11-6-2-3-7-12(11)10-13(15)14-8-4-5-9-16-14/h2-3,6-8,13H,4-5,9-10,15H2,1H3. The Morgan fingerprint density at radius 2 is 2.19 bits per heavy atom. The molecule has 16 heavy (non-hydrogen) atoms. The second-order valence-corrected chi connectivity index (χ2v) is 4.33. The van der Waals surface area contributed by atoms with Gasteiger partial charge in [0, 0.05) is 0 Å². The van der Waals surface area contributed by atoms with Gasteiger partial charge >= 0.3 is 0 Å². The van der Waals surface area contributed by atoms with E-state index in [1.54, 1.807) is 0 Å². The molecule has 0 amide bonds. The molecule has 1 aromatic carbocycles. The van der Waals surface area contributed by atoms with Crippen molar-refractivity contribution in [3.63, 3.8) is 0 Å². The molecule has 2 heteroatoms. The fourth-order valence-corrected chi connectivity index (χ4v) is 2.01. The minimum atomic E-state index is 0.00130. The van der Waals surface area contributed by atoms with Crippen LogP contribution in [0.5, 0.6) is 0 Å². The summed E-state index contributed by atoms with van der Waals surface area (Å²) in [4.78, 5) is 0. The van der Waals surface area contributed by atoms with Crippen molar-refractivity contribution in [2.24, 2.45) is 5.73 Å². The number of aryl methyl sites for hydroxylation is 1. The molecule has 1 aliphatic heterocycles. The van der Waals surface area contributed by atoms with Crippen LogP contribution in [0.3, 0.4) is 0 Å². The lowest BCUT2D eigenvalue weighted by Crippen LogP contribution is -2.28. The zero-order valence-corrected chi connectivity index (χ0v) is 9.78. The first kappa shape index (κ1) is 11.2. The maximum absolute atomic E-state index is 6.16. The molecule has 0 saturated heterocycles. The second-order valence-electron chi connectivity index (χ2n) is 4.33. The van der Waals surface area contributed by atoms with Gasteiger partial charge < -0.3 is 10.5 Å². The summed E-state index contributed by atoms with van der Waals surface area (Å²) in [6, 6.07) is 8.38. The van der Waals surface area contributed by atoms with Crippen molar-refractivity contribution in [3.8, 4) is 0 Å². The fraction of sp³-hybridized carbons (Fsp3) is 0.429. The van der Waals surface area contributed by atoms with Gasteiger partial charge in [0.2, 0.25) is 0 Å². The molecular weight excluding hydrogens is 198 g/mol. The Hall–Kier alpha value is -1.28. The Morgan fingerprint density at radius 3 is 2.88 bits per heavy atom. The van der Waals surface area contributed by atoms with Gasteiger partial charge in [0.1, 0.15) is 5.76 Å². The van der Waals surface area contributed by atoms with Gasteiger partial charge in [-0.05, 0) is 43.4 Å². The molecule has 2 nitrogen and oxygen atoms in total. The van der Waals surface area contributed by atoms with E-state index >= 15 is 0 Å². The number of hydrogen-bond acceptors (Lipinski definition) is 2. The Morgan fingerprint density at radius 1 is 1.38 bits per heavy atom. The molecule has 1 unspecified atom stereocenters. The zero-order chi connectivity index (χ0) is 11.4. The molecule has 0 spiro atoms. The third-order valence-electron chi connectivity index (χ3n) is 3.03. The number of hydrogen-bond donors (Lipinski definition) is 1. The predicted molar refractivity (Wildman–Crippen MR) is 66.1 cm³/mol. The highest BCUT2D eigenvalue weighted by Gasteiger charge is 2.14. The van der Waals surface area contributed by atoms with Gasteiger partial charge in [-0.2, -0.15) is 0 Å². The van der Waals surface area contributed by atoms with Crippen LogP contribution in [0.4, 0.5) is 0 Å². The van der Waals surface area contributed by atoms with Crippen molar-refractivity contribution < 1.29 is 4.74 Å². The maximum Gasteiger partial charge on any atom is 0.109 e. The molecule has 1 aliphatic rings. The fourth-order valence-electron chi connectivity index (χ4n) is 2.01. The zero-order valence-electron chi connectivity index (χ0n) is 9.78. The highest BCUT2D eigenvalue weighted by atomic mass is 16.5. The lowest BCUT2D eigenvalue weighted by molar-refractivity contribution is 0.175. The maximum atomic E-state index is 6.16. The van der Waals surface area contributed by atoms with E-state index in [-0.39, 0.29) is 6.04 Å². The van der Waals surface area contributed by atoms with Crippen molar-refractivity contribution in [2.45, 2.75) is 32.2 Å². The minimum Gasteiger partial charge on any atom is -0.497 e. The Labute approximate surface area is 97.1 Å². The topological polar surface area (TPSA) is 35.2 Å². The summed E-state index contributed by atoms with van der Waals surface area (Å²) in [5.74, 6) is 0.967. The molecule has 0 aliphatic carbocycles. The van der Waals surface area contributed by atoms with Crippen molar-refractivity contribution in [3.05, 3.63) is 47.2 Å². The van der Waals surface area contributed by atoms with Crippen molar-refractivity contribution >= 4 is 0 Å². The molecule has 1 aromatic rings. The minimum absolute atomic E-state index is 0.00130. The van der Waals surface area contributed by atoms with E-state index in [2.05, 4.69) is 37.3 Å². The SMILES string of the molecule is Cc1ccccc1CC(N)C1=CCCCO1. The van der Waals surface area contributed by atoms with Gasteiger partial charge in [-0.1, -0.05) is 24.3 Å². The van der Waals surface area contributed by atoms with Crippen LogP contribution in [0.25, 0.3) is 0 Å². The Balaban J connectivity index is 2.04. The molecule has 0 bridgehead atoms. The van der Waals surface area contributed by atoms with Crippen molar-refractivity contribution in [1.82, 2.24) is 0 Å². The van der Waals surface area contributed by atoms with Gasteiger partial charge in [0.05, 0.1) is 12.6 Å². The van der Waals surface area contributed by atoms with E-state index in [0.29, 0.717) is 0 Å². The van der Waals surface area contributed by atoms with Crippen LogP contribution in [0.15, 0.2) is 36.1 Å². The number of rotatable bonds is 3. The largest absolute Gasteiger partial charge is 0.497 e. The number of nitrogens with two attached hydrogens (primary N) is 1. The first-order valence-electron chi connectivity index (χ1n) is 5.90. The van der Waals surface area contributed by atoms with Gasteiger partial charge in [-0.15, -0.1) is 0 Å². The lowest BCUT2D eigenvalue weighted by Gasteiger charge is -2.21. The highest BCUT2D eigenvalue weighted by Crippen LogP contribution is 2.17. The molecule has 0 fully saturated rings. The van der Waals surface area contributed by atoms with Crippen LogP contribution in [0.2, 0.25) is 0 Å². The summed E-state index contributed by atoms with van der Waals surface area (Å²) < 4.78 is 5.59. The third-order valence-corrected chi connectivity index (χ3v) is 3.03. The molecule has 1 atom stereocenters. The van der Waals surface area contributed by atoms with Crippen LogP contribution in [-0.4, -0.2) is 12.6 Å². The van der Waals surface area contributed by atoms with E-state index < -0.39 is 0 Å². The Kier molecular flexibility index (Phi) is 3.62. The van der Waals surface area contributed by atoms with Gasteiger partial charge in [-0.3, -0.25) is 0 Å². The molecule has 1 heterocycles. The van der Waals surface area contributed by atoms with Crippen LogP contribution in [0.1, 0.15) is 24.0 Å². The van der Waals surface area contributed by atoms with E-state index in [9.17, 15) is 0 Å². The second kappa shape index (κ2) is 5.17. The van der Waals surface area contributed by atoms with Gasteiger partial charge in [0.25, 0.3) is 0 Å². The summed E-state index contributed by atoms with van der Waals surface area (Å²) in [6.07, 6.45) is 5.20. The monoisotopic (exact) mass is 217 g/mol. The van der Waals surface area contributed by atoms with Gasteiger partial charge in [-0.25, -0.2) is 0 Å². The Bertz CT molecular complexity index is 384. The number of ether oxygens (including phenoxy) is 1. The summed E-state index contributed by atoms with van der Waals surface area (Å²) in [5.41, 5.74) is 8.77. The predicted octanol–water partition coefficient (Wildman–Crippen LogP) is 2.56. The summed E-state index contributed by atoms with van der Waals surface area (Å²) in [6.45, 7) is 2.94. The third kappa shape index (κ3) is 2.64. The van der Waals surface area contributed by atoms with Crippen molar-refractivity contribution in [2.75, 3.05) is 6.61 Å². The van der Waals surface area contributed by atoms with Gasteiger partial charge in [0.15, 0.2) is 0 Å². The summed E-state index contributed by atoms with van der Waals surface area (Å²) >= 11 is 0. The quantitative estimate of drug-likeness (QED) is 0.844.